The number of carbonyl (C=O) groups is 1. The zero-order chi connectivity index (χ0) is 13.0. The monoisotopic (exact) mass is 245 g/mol. The van der Waals surface area contributed by atoms with Gasteiger partial charge in [0, 0.05) is 19.8 Å². The van der Waals surface area contributed by atoms with Gasteiger partial charge >= 0.3 is 0 Å². The lowest BCUT2D eigenvalue weighted by Gasteiger charge is -2.05. The molecule has 0 unspecified atom stereocenters. The fraction of sp³-hybridized carbons (Fsp3) is 0.231. The van der Waals surface area contributed by atoms with Crippen LogP contribution in [-0.2, 0) is 13.5 Å². The van der Waals surface area contributed by atoms with Crippen molar-refractivity contribution in [3.8, 4) is 5.75 Å². The van der Waals surface area contributed by atoms with E-state index < -0.39 is 0 Å². The van der Waals surface area contributed by atoms with E-state index in [1.54, 1.807) is 31.4 Å². The van der Waals surface area contributed by atoms with Crippen LogP contribution >= 0.6 is 0 Å². The van der Waals surface area contributed by atoms with Crippen LogP contribution in [0.2, 0.25) is 0 Å². The molecule has 1 aromatic carbocycles. The van der Waals surface area contributed by atoms with Gasteiger partial charge in [-0.2, -0.15) is 5.10 Å². The van der Waals surface area contributed by atoms with Crippen molar-refractivity contribution in [3.63, 3.8) is 0 Å². The summed E-state index contributed by atoms with van der Waals surface area (Å²) < 4.78 is 1.54. The van der Waals surface area contributed by atoms with Crippen LogP contribution in [0.4, 0.5) is 0 Å². The SMILES string of the molecule is Cn1nccc1C(=O)NCCc1ccc(O)cc1. The molecule has 0 aliphatic carbocycles. The maximum atomic E-state index is 11.8. The summed E-state index contributed by atoms with van der Waals surface area (Å²) in [5, 5.41) is 15.9. The molecule has 1 aromatic heterocycles. The van der Waals surface area contributed by atoms with Crippen LogP contribution in [0.3, 0.4) is 0 Å². The first-order chi connectivity index (χ1) is 8.66. The van der Waals surface area contributed by atoms with Crippen molar-refractivity contribution in [1.29, 1.82) is 0 Å². The predicted octanol–water partition coefficient (Wildman–Crippen LogP) is 1.10. The minimum atomic E-state index is -0.131. The first-order valence-electron chi connectivity index (χ1n) is 5.71. The van der Waals surface area contributed by atoms with E-state index in [1.165, 1.54) is 4.68 Å². The highest BCUT2D eigenvalue weighted by atomic mass is 16.3. The van der Waals surface area contributed by atoms with Crippen molar-refractivity contribution < 1.29 is 9.90 Å². The Labute approximate surface area is 105 Å². The Bertz CT molecular complexity index is 531. The Morgan fingerprint density at radius 1 is 1.33 bits per heavy atom. The molecule has 0 atom stereocenters. The van der Waals surface area contributed by atoms with Gasteiger partial charge in [0.05, 0.1) is 0 Å². The van der Waals surface area contributed by atoms with Crippen molar-refractivity contribution >= 4 is 5.91 Å². The molecule has 94 valence electrons. The third-order valence-electron chi connectivity index (χ3n) is 2.69. The third kappa shape index (κ3) is 2.88. The Kier molecular flexibility index (Phi) is 3.62. The smallest absolute Gasteiger partial charge is 0.269 e. The number of benzene rings is 1. The summed E-state index contributed by atoms with van der Waals surface area (Å²) in [5.41, 5.74) is 1.61. The number of carbonyl (C=O) groups excluding carboxylic acids is 1. The predicted molar refractivity (Wildman–Crippen MR) is 67.4 cm³/mol. The molecule has 0 bridgehead atoms. The van der Waals surface area contributed by atoms with Crippen molar-refractivity contribution in [2.45, 2.75) is 6.42 Å². The van der Waals surface area contributed by atoms with E-state index in [2.05, 4.69) is 10.4 Å². The maximum Gasteiger partial charge on any atom is 0.269 e. The lowest BCUT2D eigenvalue weighted by atomic mass is 10.1. The molecule has 0 spiro atoms. The van der Waals surface area contributed by atoms with Crippen molar-refractivity contribution in [2.24, 2.45) is 7.05 Å². The first-order valence-corrected chi connectivity index (χ1v) is 5.71. The van der Waals surface area contributed by atoms with Crippen molar-refractivity contribution in [1.82, 2.24) is 15.1 Å². The van der Waals surface area contributed by atoms with Crippen molar-refractivity contribution in [2.75, 3.05) is 6.54 Å². The fourth-order valence-corrected chi connectivity index (χ4v) is 1.67. The Morgan fingerprint density at radius 3 is 2.67 bits per heavy atom. The molecule has 5 heteroatoms. The Balaban J connectivity index is 1.84. The summed E-state index contributed by atoms with van der Waals surface area (Å²) in [6.45, 7) is 0.550. The van der Waals surface area contributed by atoms with E-state index in [9.17, 15) is 4.79 Å². The number of hydrogen-bond acceptors (Lipinski definition) is 3. The summed E-state index contributed by atoms with van der Waals surface area (Å²) in [4.78, 5) is 11.8. The molecule has 1 heterocycles. The number of aromatic nitrogens is 2. The van der Waals surface area contributed by atoms with Crippen LogP contribution in [0.1, 0.15) is 16.1 Å². The maximum absolute atomic E-state index is 11.8. The van der Waals surface area contributed by atoms with E-state index in [1.807, 2.05) is 12.1 Å². The van der Waals surface area contributed by atoms with E-state index in [0.29, 0.717) is 12.2 Å². The molecular weight excluding hydrogens is 230 g/mol. The standard InChI is InChI=1S/C13H15N3O2/c1-16-12(7-9-15-16)13(18)14-8-6-10-2-4-11(17)5-3-10/h2-5,7,9,17H,6,8H2,1H3,(H,14,18). The van der Waals surface area contributed by atoms with E-state index in [-0.39, 0.29) is 11.7 Å². The zero-order valence-electron chi connectivity index (χ0n) is 10.1. The minimum Gasteiger partial charge on any atom is -0.508 e. The highest BCUT2D eigenvalue weighted by molar-refractivity contribution is 5.92. The molecule has 0 saturated carbocycles. The van der Waals surface area contributed by atoms with Gasteiger partial charge in [0.25, 0.3) is 5.91 Å². The highest BCUT2D eigenvalue weighted by Crippen LogP contribution is 2.09. The largest absolute Gasteiger partial charge is 0.508 e. The molecular formula is C13H15N3O2. The van der Waals surface area contributed by atoms with E-state index >= 15 is 0 Å². The lowest BCUT2D eigenvalue weighted by Crippen LogP contribution is -2.27. The molecule has 2 aromatic rings. The number of phenols is 1. The van der Waals surface area contributed by atoms with Gasteiger partial charge < -0.3 is 10.4 Å². The summed E-state index contributed by atoms with van der Waals surface area (Å²) >= 11 is 0. The molecule has 0 aliphatic heterocycles. The first kappa shape index (κ1) is 12.2. The summed E-state index contributed by atoms with van der Waals surface area (Å²) in [7, 11) is 1.73. The van der Waals surface area contributed by atoms with Gasteiger partial charge in [0.2, 0.25) is 0 Å². The zero-order valence-corrected chi connectivity index (χ0v) is 10.1. The third-order valence-corrected chi connectivity index (χ3v) is 2.69. The molecule has 5 nitrogen and oxygen atoms in total. The van der Waals surface area contributed by atoms with Crippen LogP contribution in [0.15, 0.2) is 36.5 Å². The summed E-state index contributed by atoms with van der Waals surface area (Å²) in [5.74, 6) is 0.117. The molecule has 0 fully saturated rings. The summed E-state index contributed by atoms with van der Waals surface area (Å²) in [6.07, 6.45) is 2.32. The second kappa shape index (κ2) is 5.35. The van der Waals surface area contributed by atoms with Gasteiger partial charge in [-0.1, -0.05) is 12.1 Å². The normalized spacial score (nSPS) is 10.3. The van der Waals surface area contributed by atoms with Gasteiger partial charge in [-0.05, 0) is 30.2 Å². The number of nitrogens with one attached hydrogen (secondary N) is 1. The second-order valence-electron chi connectivity index (χ2n) is 4.01. The number of aromatic hydroxyl groups is 1. The number of phenolic OH excluding ortho intramolecular Hbond substituents is 1. The van der Waals surface area contributed by atoms with Crippen LogP contribution < -0.4 is 5.32 Å². The number of nitrogens with zero attached hydrogens (tertiary/aromatic N) is 2. The average molecular weight is 245 g/mol. The molecule has 0 saturated heterocycles. The van der Waals surface area contributed by atoms with Crippen LogP contribution in [0.25, 0.3) is 0 Å². The highest BCUT2D eigenvalue weighted by Gasteiger charge is 2.08. The number of amides is 1. The minimum absolute atomic E-state index is 0.131. The quantitative estimate of drug-likeness (QED) is 0.847. The lowest BCUT2D eigenvalue weighted by molar-refractivity contribution is 0.0944. The fourth-order valence-electron chi connectivity index (χ4n) is 1.67. The Morgan fingerprint density at radius 2 is 2.06 bits per heavy atom. The summed E-state index contributed by atoms with van der Waals surface area (Å²) in [6, 6.07) is 8.63. The van der Waals surface area contributed by atoms with E-state index in [4.69, 9.17) is 5.11 Å². The number of hydrogen-bond donors (Lipinski definition) is 2. The van der Waals surface area contributed by atoms with Gasteiger partial charge in [0.1, 0.15) is 11.4 Å². The molecule has 0 aliphatic rings. The van der Waals surface area contributed by atoms with Gasteiger partial charge in [0.15, 0.2) is 0 Å². The van der Waals surface area contributed by atoms with Crippen molar-refractivity contribution in [3.05, 3.63) is 47.8 Å². The van der Waals surface area contributed by atoms with Crippen LogP contribution in [0, 0.1) is 0 Å². The molecule has 2 rings (SSSR count). The Hall–Kier alpha value is -2.30. The van der Waals surface area contributed by atoms with Crippen LogP contribution in [0.5, 0.6) is 5.75 Å². The average Bonchev–Trinajstić information content (AvgIpc) is 2.78. The van der Waals surface area contributed by atoms with Gasteiger partial charge in [-0.3, -0.25) is 9.48 Å². The topological polar surface area (TPSA) is 67.2 Å². The van der Waals surface area contributed by atoms with Gasteiger partial charge in [-0.15, -0.1) is 0 Å². The molecule has 18 heavy (non-hydrogen) atoms. The molecule has 2 N–H and O–H groups in total. The molecule has 0 radical (unpaired) electrons. The van der Waals surface area contributed by atoms with Crippen LogP contribution in [-0.4, -0.2) is 27.3 Å². The van der Waals surface area contributed by atoms with E-state index in [0.717, 1.165) is 12.0 Å². The van der Waals surface area contributed by atoms with Gasteiger partial charge in [-0.25, -0.2) is 0 Å². The second-order valence-corrected chi connectivity index (χ2v) is 4.01. The number of rotatable bonds is 4. The number of aryl methyl sites for hydroxylation is 1. The molecule has 1 amide bonds.